The van der Waals surface area contributed by atoms with E-state index >= 15 is 0 Å². The van der Waals surface area contributed by atoms with Gasteiger partial charge in [-0.2, -0.15) is 0 Å². The maximum absolute atomic E-state index is 14.2. The molecule has 0 saturated heterocycles. The van der Waals surface area contributed by atoms with Crippen molar-refractivity contribution in [2.24, 2.45) is 0 Å². The van der Waals surface area contributed by atoms with E-state index in [1.165, 1.54) is 0 Å². The van der Waals surface area contributed by atoms with Gasteiger partial charge in [0.15, 0.2) is 0 Å². The topological polar surface area (TPSA) is 80.5 Å². The zero-order chi connectivity index (χ0) is 16.0. The van der Waals surface area contributed by atoms with E-state index in [1.54, 1.807) is 0 Å². The predicted octanol–water partition coefficient (Wildman–Crippen LogP) is 3.24. The summed E-state index contributed by atoms with van der Waals surface area (Å²) in [6, 6.07) is 1.80. The molecule has 1 aliphatic carbocycles. The fourth-order valence-corrected chi connectivity index (χ4v) is 3.26. The molecule has 114 valence electrons. The van der Waals surface area contributed by atoms with Crippen LogP contribution in [0.2, 0.25) is 0 Å². The smallest absolute Gasteiger partial charge is 0.269 e. The summed E-state index contributed by atoms with van der Waals surface area (Å²) < 4.78 is 14.1. The summed E-state index contributed by atoms with van der Waals surface area (Å²) in [7, 11) is 0. The van der Waals surface area contributed by atoms with Crippen LogP contribution < -0.4 is 4.90 Å². The number of imide groups is 1. The average Bonchev–Trinajstić information content (AvgIpc) is 2.72. The Morgan fingerprint density at radius 1 is 1.14 bits per heavy atom. The number of nitro benzene ring substituents is 1. The minimum atomic E-state index is -0.862. The van der Waals surface area contributed by atoms with Crippen LogP contribution in [0.3, 0.4) is 0 Å². The third-order valence-electron chi connectivity index (χ3n) is 3.84. The first-order valence-electron chi connectivity index (χ1n) is 6.66. The van der Waals surface area contributed by atoms with Gasteiger partial charge in [0.1, 0.15) is 5.82 Å². The third kappa shape index (κ3) is 2.14. The van der Waals surface area contributed by atoms with Crippen molar-refractivity contribution in [1.82, 2.24) is 0 Å². The van der Waals surface area contributed by atoms with Gasteiger partial charge < -0.3 is 0 Å². The van der Waals surface area contributed by atoms with Gasteiger partial charge in [-0.15, -0.1) is 0 Å². The van der Waals surface area contributed by atoms with Crippen LogP contribution in [0.15, 0.2) is 27.8 Å². The first-order valence-corrected chi connectivity index (χ1v) is 7.45. The van der Waals surface area contributed by atoms with Crippen LogP contribution >= 0.6 is 15.9 Å². The molecule has 0 aromatic heterocycles. The molecule has 8 heteroatoms. The molecular weight excluding hydrogens is 359 g/mol. The summed E-state index contributed by atoms with van der Waals surface area (Å²) >= 11 is 2.90. The summed E-state index contributed by atoms with van der Waals surface area (Å²) in [4.78, 5) is 35.7. The van der Waals surface area contributed by atoms with E-state index in [0.29, 0.717) is 28.9 Å². The van der Waals surface area contributed by atoms with Crippen LogP contribution in [0, 0.1) is 15.9 Å². The summed E-state index contributed by atoms with van der Waals surface area (Å²) in [6.07, 6.45) is 2.57. The Balaban J connectivity index is 2.09. The van der Waals surface area contributed by atoms with Crippen molar-refractivity contribution >= 4 is 39.1 Å². The molecule has 22 heavy (non-hydrogen) atoms. The van der Waals surface area contributed by atoms with Gasteiger partial charge in [0, 0.05) is 17.2 Å². The molecule has 0 spiro atoms. The van der Waals surface area contributed by atoms with Crippen molar-refractivity contribution in [2.75, 3.05) is 4.90 Å². The number of nitro groups is 1. The Morgan fingerprint density at radius 2 is 1.68 bits per heavy atom. The van der Waals surface area contributed by atoms with Gasteiger partial charge in [0.25, 0.3) is 17.5 Å². The lowest BCUT2D eigenvalue weighted by Gasteiger charge is -2.16. The number of nitrogens with zero attached hydrogens (tertiary/aromatic N) is 2. The monoisotopic (exact) mass is 368 g/mol. The van der Waals surface area contributed by atoms with Gasteiger partial charge in [0.05, 0.1) is 15.1 Å². The molecule has 3 rings (SSSR count). The second-order valence-electron chi connectivity index (χ2n) is 5.12. The minimum absolute atomic E-state index is 0.0458. The molecule has 0 atom stereocenters. The van der Waals surface area contributed by atoms with Crippen LogP contribution in [0.1, 0.15) is 25.7 Å². The van der Waals surface area contributed by atoms with Gasteiger partial charge in [-0.3, -0.25) is 19.7 Å². The summed E-state index contributed by atoms with van der Waals surface area (Å²) in [5.41, 5.74) is 0.0311. The molecule has 0 bridgehead atoms. The molecule has 6 nitrogen and oxygen atoms in total. The van der Waals surface area contributed by atoms with E-state index in [2.05, 4.69) is 15.9 Å². The van der Waals surface area contributed by atoms with Crippen LogP contribution in [-0.4, -0.2) is 16.7 Å². The molecule has 1 aromatic carbocycles. The second kappa shape index (κ2) is 5.28. The van der Waals surface area contributed by atoms with E-state index in [9.17, 15) is 24.1 Å². The number of anilines is 1. The lowest BCUT2D eigenvalue weighted by Crippen LogP contribution is -2.32. The minimum Gasteiger partial charge on any atom is -0.269 e. The average molecular weight is 369 g/mol. The Labute approximate surface area is 132 Å². The van der Waals surface area contributed by atoms with Crippen LogP contribution in [0.25, 0.3) is 0 Å². The van der Waals surface area contributed by atoms with Crippen LogP contribution in [0.5, 0.6) is 0 Å². The van der Waals surface area contributed by atoms with E-state index in [-0.39, 0.29) is 10.2 Å². The molecular formula is C14H10BrFN2O4. The Bertz CT molecular complexity index is 731. The van der Waals surface area contributed by atoms with Gasteiger partial charge in [-0.05, 0) is 47.7 Å². The first-order chi connectivity index (χ1) is 10.4. The number of halogens is 2. The summed E-state index contributed by atoms with van der Waals surface area (Å²) in [5.74, 6) is -2.01. The van der Waals surface area contributed by atoms with E-state index < -0.39 is 28.2 Å². The third-order valence-corrected chi connectivity index (χ3v) is 4.48. The zero-order valence-electron chi connectivity index (χ0n) is 11.3. The van der Waals surface area contributed by atoms with E-state index in [0.717, 1.165) is 25.0 Å². The van der Waals surface area contributed by atoms with Crippen molar-refractivity contribution in [2.45, 2.75) is 25.7 Å². The number of hydrogen-bond donors (Lipinski definition) is 0. The molecule has 2 aliphatic rings. The highest BCUT2D eigenvalue weighted by atomic mass is 79.9. The number of carbonyl (C=O) groups is 2. The number of hydrogen-bond acceptors (Lipinski definition) is 4. The van der Waals surface area contributed by atoms with Gasteiger partial charge >= 0.3 is 0 Å². The molecule has 1 aliphatic heterocycles. The first kappa shape index (κ1) is 14.8. The van der Waals surface area contributed by atoms with Gasteiger partial charge in [0.2, 0.25) is 0 Å². The molecule has 1 aromatic rings. The normalized spacial score (nSPS) is 18.0. The van der Waals surface area contributed by atoms with Crippen molar-refractivity contribution in [3.63, 3.8) is 0 Å². The molecule has 0 radical (unpaired) electrons. The van der Waals surface area contributed by atoms with E-state index in [1.807, 2.05) is 0 Å². The highest BCUT2D eigenvalue weighted by Crippen LogP contribution is 2.39. The van der Waals surface area contributed by atoms with Crippen molar-refractivity contribution < 1.29 is 18.9 Å². The molecule has 0 saturated carbocycles. The summed E-state index contributed by atoms with van der Waals surface area (Å²) in [6.45, 7) is 0. The molecule has 2 amide bonds. The van der Waals surface area contributed by atoms with Crippen molar-refractivity contribution in [1.29, 1.82) is 0 Å². The highest BCUT2D eigenvalue weighted by Gasteiger charge is 2.41. The quantitative estimate of drug-likeness (QED) is 0.455. The largest absolute Gasteiger partial charge is 0.285 e. The second-order valence-corrected chi connectivity index (χ2v) is 5.98. The Kier molecular flexibility index (Phi) is 3.56. The van der Waals surface area contributed by atoms with Crippen molar-refractivity contribution in [3.05, 3.63) is 43.7 Å². The highest BCUT2D eigenvalue weighted by molar-refractivity contribution is 9.10. The Morgan fingerprint density at radius 3 is 2.18 bits per heavy atom. The van der Waals surface area contributed by atoms with Gasteiger partial charge in [-0.1, -0.05) is 0 Å². The number of rotatable bonds is 2. The number of benzene rings is 1. The zero-order valence-corrected chi connectivity index (χ0v) is 12.9. The number of carbonyl (C=O) groups excluding carboxylic acids is 2. The van der Waals surface area contributed by atoms with Crippen LogP contribution in [-0.2, 0) is 9.59 Å². The Hall–Kier alpha value is -2.09. The molecule has 0 N–H and O–H groups in total. The molecule has 1 heterocycles. The SMILES string of the molecule is O=C1C2=C(CCCC2)C(=O)N1c1cc([N+](=O)[O-])c(Br)cc1F. The fourth-order valence-electron chi connectivity index (χ4n) is 2.80. The standard InChI is InChI=1S/C14H10BrFN2O4/c15-9-5-10(16)12(6-11(9)18(21)22)17-13(19)7-3-1-2-4-8(7)14(17)20/h5-6H,1-4H2. The lowest BCUT2D eigenvalue weighted by atomic mass is 9.93. The maximum Gasteiger partial charge on any atom is 0.285 e. The van der Waals surface area contributed by atoms with Gasteiger partial charge in [-0.25, -0.2) is 9.29 Å². The fraction of sp³-hybridized carbons (Fsp3) is 0.286. The summed E-state index contributed by atoms with van der Waals surface area (Å²) in [5, 5.41) is 11.0. The van der Waals surface area contributed by atoms with Crippen molar-refractivity contribution in [3.8, 4) is 0 Å². The van der Waals surface area contributed by atoms with Crippen LogP contribution in [0.4, 0.5) is 15.8 Å². The molecule has 0 unspecified atom stereocenters. The number of amides is 2. The lowest BCUT2D eigenvalue weighted by molar-refractivity contribution is -0.385. The van der Waals surface area contributed by atoms with E-state index in [4.69, 9.17) is 0 Å². The molecule has 0 fully saturated rings. The predicted molar refractivity (Wildman–Crippen MR) is 78.7 cm³/mol. The maximum atomic E-state index is 14.2.